The largest absolute Gasteiger partial charge is 0.457 e. The van der Waals surface area contributed by atoms with Gasteiger partial charge in [0, 0.05) is 24.3 Å². The van der Waals surface area contributed by atoms with Gasteiger partial charge in [-0.05, 0) is 46.2 Å². The van der Waals surface area contributed by atoms with Crippen molar-refractivity contribution in [3.8, 4) is 6.07 Å². The van der Waals surface area contributed by atoms with Crippen LogP contribution in [0.15, 0.2) is 52.2 Å². The molecule has 0 amide bonds. The average Bonchev–Trinajstić information content (AvgIpc) is 2.88. The quantitative estimate of drug-likeness (QED) is 0.188. The van der Waals surface area contributed by atoms with Crippen molar-refractivity contribution in [1.29, 1.82) is 5.26 Å². The van der Waals surface area contributed by atoms with E-state index in [4.69, 9.17) is 23.8 Å². The van der Waals surface area contributed by atoms with Gasteiger partial charge in [-0.25, -0.2) is 14.3 Å². The molecule has 2 rings (SSSR count). The minimum Gasteiger partial charge on any atom is -0.457 e. The number of ether oxygens (including phenoxy) is 2. The van der Waals surface area contributed by atoms with Crippen molar-refractivity contribution in [3.05, 3.63) is 69.0 Å². The van der Waals surface area contributed by atoms with Crippen molar-refractivity contribution in [2.75, 3.05) is 19.8 Å². The van der Waals surface area contributed by atoms with E-state index in [1.54, 1.807) is 30.3 Å². The Morgan fingerprint density at radius 2 is 1.76 bits per heavy atom. The second kappa shape index (κ2) is 16.2. The summed E-state index contributed by atoms with van der Waals surface area (Å²) in [4.78, 5) is 38.9. The second-order valence-corrected chi connectivity index (χ2v) is 10.4. The van der Waals surface area contributed by atoms with E-state index >= 15 is 0 Å². The van der Waals surface area contributed by atoms with E-state index in [0.29, 0.717) is 12.0 Å². The summed E-state index contributed by atoms with van der Waals surface area (Å²) in [6, 6.07) is 12.0. The van der Waals surface area contributed by atoms with Gasteiger partial charge in [-0.1, -0.05) is 25.1 Å². The van der Waals surface area contributed by atoms with Gasteiger partial charge in [-0.2, -0.15) is 5.26 Å². The number of nitrogens with zero attached hydrogens (tertiary/aromatic N) is 3. The molecule has 0 spiro atoms. The number of H-pyrrole nitrogens is 1. The minimum atomic E-state index is -1.49. The molecule has 1 aromatic heterocycles. The molecule has 0 saturated carbocycles. The zero-order chi connectivity index (χ0) is 28.1. The van der Waals surface area contributed by atoms with Crippen LogP contribution in [0.4, 0.5) is 0 Å². The van der Waals surface area contributed by atoms with Crippen molar-refractivity contribution in [2.45, 2.75) is 71.9 Å². The summed E-state index contributed by atoms with van der Waals surface area (Å²) in [6.07, 6.45) is 0.542. The highest BCUT2D eigenvalue weighted by molar-refractivity contribution is 7.44. The summed E-state index contributed by atoms with van der Waals surface area (Å²) in [5.74, 6) is -0.570. The van der Waals surface area contributed by atoms with Gasteiger partial charge in [-0.15, -0.1) is 0 Å². The van der Waals surface area contributed by atoms with Gasteiger partial charge >= 0.3 is 11.7 Å². The Morgan fingerprint density at radius 1 is 1.08 bits per heavy atom. The summed E-state index contributed by atoms with van der Waals surface area (Å²) in [5.41, 5.74) is -0.885. The second-order valence-electron chi connectivity index (χ2n) is 8.95. The van der Waals surface area contributed by atoms with Gasteiger partial charge < -0.3 is 18.5 Å². The summed E-state index contributed by atoms with van der Waals surface area (Å²) in [7, 11) is -1.49. The zero-order valence-electron chi connectivity index (χ0n) is 22.5. The van der Waals surface area contributed by atoms with Gasteiger partial charge in [0.1, 0.15) is 6.61 Å². The Balaban J connectivity index is 2.20. The van der Waals surface area contributed by atoms with Crippen molar-refractivity contribution in [1.82, 2.24) is 14.2 Å². The number of carbonyl (C=O) groups is 1. The molecule has 208 valence electrons. The molecular weight excluding hydrogens is 511 g/mol. The summed E-state index contributed by atoms with van der Waals surface area (Å²) < 4.78 is 27.0. The molecule has 2 aromatic rings. The third kappa shape index (κ3) is 9.78. The molecule has 0 saturated heterocycles. The highest BCUT2D eigenvalue weighted by Crippen LogP contribution is 2.46. The van der Waals surface area contributed by atoms with E-state index in [9.17, 15) is 14.4 Å². The van der Waals surface area contributed by atoms with Gasteiger partial charge in [0.15, 0.2) is 6.23 Å². The number of hydrogen-bond acceptors (Lipinski definition) is 9. The molecule has 1 unspecified atom stereocenters. The van der Waals surface area contributed by atoms with Crippen LogP contribution in [0.1, 0.15) is 64.0 Å². The molecule has 1 aromatic carbocycles. The minimum absolute atomic E-state index is 0.131. The van der Waals surface area contributed by atoms with Crippen LogP contribution in [0.3, 0.4) is 0 Å². The Bertz CT molecular complexity index is 1140. The van der Waals surface area contributed by atoms with Crippen LogP contribution in [-0.2, 0) is 18.5 Å². The third-order valence-corrected chi connectivity index (χ3v) is 7.44. The molecule has 12 heteroatoms. The van der Waals surface area contributed by atoms with Gasteiger partial charge in [0.2, 0.25) is 0 Å². The Morgan fingerprint density at radius 3 is 2.34 bits per heavy atom. The first-order valence-corrected chi connectivity index (χ1v) is 13.7. The molecule has 0 aliphatic heterocycles. The van der Waals surface area contributed by atoms with Crippen LogP contribution in [0, 0.1) is 11.3 Å². The fraction of sp³-hybridized carbons (Fsp3) is 0.538. The molecule has 1 N–H and O–H groups in total. The lowest BCUT2D eigenvalue weighted by Gasteiger charge is -2.36. The first-order chi connectivity index (χ1) is 18.2. The molecule has 0 fully saturated rings. The lowest BCUT2D eigenvalue weighted by molar-refractivity contribution is -0.100. The molecule has 38 heavy (non-hydrogen) atoms. The number of nitriles is 1. The number of hydrogen-bond donors (Lipinski definition) is 1. The molecule has 3 atom stereocenters. The monoisotopic (exact) mass is 548 g/mol. The predicted octanol–water partition coefficient (Wildman–Crippen LogP) is 3.98. The van der Waals surface area contributed by atoms with E-state index < -0.39 is 38.1 Å². The van der Waals surface area contributed by atoms with Crippen LogP contribution in [0.25, 0.3) is 0 Å². The SMILES string of the molecule is CC[C@@H](COP(OCCC#N)N(C(C)C)C(C)C)O[C@H](COC(=O)c1ccccc1)n1ccc(=O)[nH]c1=O. The maximum absolute atomic E-state index is 12.5. The number of aromatic nitrogens is 2. The van der Waals surface area contributed by atoms with Crippen LogP contribution in [0.5, 0.6) is 0 Å². The molecule has 1 heterocycles. The molecule has 11 nitrogen and oxygen atoms in total. The van der Waals surface area contributed by atoms with Crippen molar-refractivity contribution in [3.63, 3.8) is 0 Å². The van der Waals surface area contributed by atoms with Gasteiger partial charge in [0.05, 0.1) is 37.4 Å². The maximum atomic E-state index is 12.5. The Hall–Kier alpha value is -2.87. The number of nitrogens with one attached hydrogen (secondary N) is 1. The normalized spacial score (nSPS) is 13.9. The number of aromatic amines is 1. The lowest BCUT2D eigenvalue weighted by atomic mass is 10.2. The first kappa shape index (κ1) is 31.3. The number of benzene rings is 1. The first-order valence-electron chi connectivity index (χ1n) is 12.6. The summed E-state index contributed by atoms with van der Waals surface area (Å²) in [5, 5.41) is 8.92. The van der Waals surface area contributed by atoms with Gasteiger partial charge in [0.25, 0.3) is 14.1 Å². The van der Waals surface area contributed by atoms with E-state index in [0.717, 1.165) is 0 Å². The predicted molar refractivity (Wildman–Crippen MR) is 143 cm³/mol. The van der Waals surface area contributed by atoms with E-state index in [2.05, 4.69) is 15.7 Å². The molecule has 0 aliphatic rings. The molecular formula is C26H37N4O7P. The number of esters is 1. The average molecular weight is 549 g/mol. The van der Waals surface area contributed by atoms with Crippen LogP contribution in [0.2, 0.25) is 0 Å². The van der Waals surface area contributed by atoms with Crippen LogP contribution in [-0.4, -0.2) is 58.2 Å². The van der Waals surface area contributed by atoms with Crippen molar-refractivity contribution < 1.29 is 23.3 Å². The molecule has 0 aliphatic carbocycles. The van der Waals surface area contributed by atoms with Crippen molar-refractivity contribution >= 4 is 14.5 Å². The van der Waals surface area contributed by atoms with Crippen molar-refractivity contribution in [2.24, 2.45) is 0 Å². The zero-order valence-corrected chi connectivity index (χ0v) is 23.4. The summed E-state index contributed by atoms with van der Waals surface area (Å²) in [6.45, 7) is 10.2. The number of rotatable bonds is 16. The smallest absolute Gasteiger partial charge is 0.338 e. The standard InChI is InChI=1S/C26H37N4O7P/c1-6-22(17-36-38(35-16-10-14-27)30(19(2)3)20(4)5)37-24(29-15-13-23(31)28-26(29)33)18-34-25(32)21-11-8-7-9-12-21/h7-9,11-13,15,19-20,22,24H,6,10,16-18H2,1-5H3,(H,28,31,33)/t22-,24+,38?/m0/s1. The fourth-order valence-corrected chi connectivity index (χ4v) is 5.22. The van der Waals surface area contributed by atoms with Gasteiger partial charge in [-0.3, -0.25) is 14.3 Å². The summed E-state index contributed by atoms with van der Waals surface area (Å²) >= 11 is 0. The van der Waals surface area contributed by atoms with Crippen LogP contribution < -0.4 is 11.2 Å². The highest BCUT2D eigenvalue weighted by atomic mass is 31.2. The molecule has 0 bridgehead atoms. The van der Waals surface area contributed by atoms with E-state index in [-0.39, 0.29) is 38.3 Å². The van der Waals surface area contributed by atoms with Crippen LogP contribution >= 0.6 is 8.53 Å². The third-order valence-electron chi connectivity index (χ3n) is 5.37. The van der Waals surface area contributed by atoms with E-state index in [1.807, 2.05) is 34.6 Å². The maximum Gasteiger partial charge on any atom is 0.338 e. The lowest BCUT2D eigenvalue weighted by Crippen LogP contribution is -2.38. The number of carbonyl (C=O) groups excluding carboxylic acids is 1. The highest BCUT2D eigenvalue weighted by Gasteiger charge is 2.29. The molecule has 0 radical (unpaired) electrons. The Kier molecular flexibility index (Phi) is 13.3. The Labute approximate surface area is 224 Å². The fourth-order valence-electron chi connectivity index (χ4n) is 3.58. The van der Waals surface area contributed by atoms with E-state index in [1.165, 1.54) is 16.8 Å². The topological polar surface area (TPSA) is 136 Å².